The van der Waals surface area contributed by atoms with E-state index in [1.54, 1.807) is 11.8 Å². The van der Waals surface area contributed by atoms with Gasteiger partial charge in [0.25, 0.3) is 0 Å². The van der Waals surface area contributed by atoms with Crippen LogP contribution in [0.25, 0.3) is 0 Å². The van der Waals surface area contributed by atoms with Gasteiger partial charge in [0, 0.05) is 24.8 Å². The number of carbonyl (C=O) groups is 2. The Hall–Kier alpha value is -1.86. The SMILES string of the molecule is C[C@@H](N)C(=O)N1CCC(NC(=O)Nc2ccc(F)cc2)C1.Cl. The summed E-state index contributed by atoms with van der Waals surface area (Å²) in [6.45, 7) is 2.68. The summed E-state index contributed by atoms with van der Waals surface area (Å²) in [6, 6.07) is 4.50. The van der Waals surface area contributed by atoms with Crippen LogP contribution in [0.1, 0.15) is 13.3 Å². The molecule has 8 heteroatoms. The number of likely N-dealkylation sites (tertiary alicyclic amines) is 1. The number of nitrogens with two attached hydrogens (primary N) is 1. The maximum Gasteiger partial charge on any atom is 0.319 e. The topological polar surface area (TPSA) is 87.5 Å². The number of benzene rings is 1. The van der Waals surface area contributed by atoms with E-state index in [0.717, 1.165) is 0 Å². The number of nitrogens with zero attached hydrogens (tertiary/aromatic N) is 1. The highest BCUT2D eigenvalue weighted by molar-refractivity contribution is 5.89. The molecule has 0 saturated carbocycles. The molecule has 2 rings (SSSR count). The van der Waals surface area contributed by atoms with Crippen molar-refractivity contribution in [3.05, 3.63) is 30.1 Å². The van der Waals surface area contributed by atoms with E-state index in [4.69, 9.17) is 5.73 Å². The second-order valence-corrected chi connectivity index (χ2v) is 5.16. The van der Waals surface area contributed by atoms with Crippen molar-refractivity contribution in [2.24, 2.45) is 5.73 Å². The lowest BCUT2D eigenvalue weighted by Crippen LogP contribution is -2.44. The van der Waals surface area contributed by atoms with E-state index in [9.17, 15) is 14.0 Å². The van der Waals surface area contributed by atoms with E-state index < -0.39 is 6.04 Å². The molecule has 1 aromatic rings. The number of anilines is 1. The van der Waals surface area contributed by atoms with Crippen LogP contribution in [0, 0.1) is 5.82 Å². The minimum Gasteiger partial charge on any atom is -0.339 e. The molecule has 1 aromatic carbocycles. The van der Waals surface area contributed by atoms with Crippen LogP contribution >= 0.6 is 12.4 Å². The minimum atomic E-state index is -0.531. The van der Waals surface area contributed by atoms with Crippen LogP contribution in [0.15, 0.2) is 24.3 Å². The van der Waals surface area contributed by atoms with Crippen molar-refractivity contribution in [1.29, 1.82) is 0 Å². The third-order valence-corrected chi connectivity index (χ3v) is 3.33. The maximum atomic E-state index is 12.8. The lowest BCUT2D eigenvalue weighted by Gasteiger charge is -2.19. The normalized spacial score (nSPS) is 18.3. The van der Waals surface area contributed by atoms with Gasteiger partial charge in [0.2, 0.25) is 5.91 Å². The average Bonchev–Trinajstić information content (AvgIpc) is 2.88. The Bertz CT molecular complexity index is 524. The molecule has 0 bridgehead atoms. The first kappa shape index (κ1) is 18.2. The molecular formula is C14H20ClFN4O2. The summed E-state index contributed by atoms with van der Waals surface area (Å²) in [4.78, 5) is 25.2. The number of urea groups is 1. The van der Waals surface area contributed by atoms with Crippen molar-refractivity contribution in [1.82, 2.24) is 10.2 Å². The predicted molar refractivity (Wildman–Crippen MR) is 84.4 cm³/mol. The van der Waals surface area contributed by atoms with Gasteiger partial charge in [-0.15, -0.1) is 12.4 Å². The Morgan fingerprint density at radius 2 is 2.00 bits per heavy atom. The molecule has 1 aliphatic heterocycles. The number of hydrogen-bond acceptors (Lipinski definition) is 3. The monoisotopic (exact) mass is 330 g/mol. The number of carbonyl (C=O) groups excluding carboxylic acids is 2. The van der Waals surface area contributed by atoms with Gasteiger partial charge in [0.05, 0.1) is 6.04 Å². The Labute approximate surface area is 134 Å². The van der Waals surface area contributed by atoms with Crippen LogP contribution in [0.5, 0.6) is 0 Å². The second kappa shape index (κ2) is 7.95. The van der Waals surface area contributed by atoms with E-state index in [-0.39, 0.29) is 36.2 Å². The van der Waals surface area contributed by atoms with Crippen LogP contribution in [0.3, 0.4) is 0 Å². The lowest BCUT2D eigenvalue weighted by molar-refractivity contribution is -0.131. The van der Waals surface area contributed by atoms with Crippen LogP contribution < -0.4 is 16.4 Å². The molecule has 0 aliphatic carbocycles. The summed E-state index contributed by atoms with van der Waals surface area (Å²) < 4.78 is 12.8. The van der Waals surface area contributed by atoms with Gasteiger partial charge in [-0.2, -0.15) is 0 Å². The van der Waals surface area contributed by atoms with Crippen molar-refractivity contribution >= 4 is 30.0 Å². The zero-order chi connectivity index (χ0) is 15.4. The zero-order valence-electron chi connectivity index (χ0n) is 12.2. The second-order valence-electron chi connectivity index (χ2n) is 5.16. The van der Waals surface area contributed by atoms with Crippen molar-refractivity contribution in [2.75, 3.05) is 18.4 Å². The summed E-state index contributed by atoms with van der Waals surface area (Å²) in [7, 11) is 0. The Kier molecular flexibility index (Phi) is 6.58. The molecule has 1 saturated heterocycles. The van der Waals surface area contributed by atoms with Crippen molar-refractivity contribution in [2.45, 2.75) is 25.4 Å². The Morgan fingerprint density at radius 1 is 1.36 bits per heavy atom. The van der Waals surface area contributed by atoms with Gasteiger partial charge in [0.15, 0.2) is 0 Å². The summed E-state index contributed by atoms with van der Waals surface area (Å²) in [5, 5.41) is 5.41. The highest BCUT2D eigenvalue weighted by Gasteiger charge is 2.28. The fourth-order valence-corrected chi connectivity index (χ4v) is 2.25. The molecule has 3 amide bonds. The maximum absolute atomic E-state index is 12.8. The third kappa shape index (κ3) is 4.85. The molecule has 1 unspecified atom stereocenters. The van der Waals surface area contributed by atoms with Gasteiger partial charge < -0.3 is 21.3 Å². The molecule has 1 aliphatic rings. The first-order valence-corrected chi connectivity index (χ1v) is 6.83. The van der Waals surface area contributed by atoms with Gasteiger partial charge in [-0.25, -0.2) is 9.18 Å². The number of halogens is 2. The molecule has 0 aromatic heterocycles. The van der Waals surface area contributed by atoms with Gasteiger partial charge in [0.1, 0.15) is 5.82 Å². The highest BCUT2D eigenvalue weighted by Crippen LogP contribution is 2.11. The predicted octanol–water partition coefficient (Wildman–Crippen LogP) is 1.32. The van der Waals surface area contributed by atoms with Gasteiger partial charge in [-0.05, 0) is 37.6 Å². The Balaban J connectivity index is 0.00000242. The molecule has 122 valence electrons. The van der Waals surface area contributed by atoms with E-state index in [0.29, 0.717) is 25.2 Å². The number of nitrogens with one attached hydrogen (secondary N) is 2. The smallest absolute Gasteiger partial charge is 0.319 e. The zero-order valence-corrected chi connectivity index (χ0v) is 13.0. The number of hydrogen-bond donors (Lipinski definition) is 3. The Morgan fingerprint density at radius 3 is 2.59 bits per heavy atom. The van der Waals surface area contributed by atoms with Crippen LogP contribution in [-0.4, -0.2) is 42.0 Å². The first-order valence-electron chi connectivity index (χ1n) is 6.83. The largest absolute Gasteiger partial charge is 0.339 e. The molecule has 0 radical (unpaired) electrons. The van der Waals surface area contributed by atoms with Crippen LogP contribution in [-0.2, 0) is 4.79 Å². The summed E-state index contributed by atoms with van der Waals surface area (Å²) >= 11 is 0. The molecule has 4 N–H and O–H groups in total. The lowest BCUT2D eigenvalue weighted by atomic mass is 10.2. The van der Waals surface area contributed by atoms with Crippen molar-refractivity contribution < 1.29 is 14.0 Å². The minimum absolute atomic E-state index is 0. The quantitative estimate of drug-likeness (QED) is 0.781. The van der Waals surface area contributed by atoms with E-state index in [1.807, 2.05) is 0 Å². The van der Waals surface area contributed by atoms with Crippen molar-refractivity contribution in [3.63, 3.8) is 0 Å². The van der Waals surface area contributed by atoms with Gasteiger partial charge >= 0.3 is 6.03 Å². The summed E-state index contributed by atoms with van der Waals surface area (Å²) in [6.07, 6.45) is 0.690. The third-order valence-electron chi connectivity index (χ3n) is 3.33. The van der Waals surface area contributed by atoms with E-state index >= 15 is 0 Å². The fourth-order valence-electron chi connectivity index (χ4n) is 2.25. The van der Waals surface area contributed by atoms with Crippen LogP contribution in [0.4, 0.5) is 14.9 Å². The highest BCUT2D eigenvalue weighted by atomic mass is 35.5. The number of amides is 3. The fraction of sp³-hybridized carbons (Fsp3) is 0.429. The molecule has 6 nitrogen and oxygen atoms in total. The molecule has 1 heterocycles. The molecule has 0 spiro atoms. The summed E-state index contributed by atoms with van der Waals surface area (Å²) in [5.74, 6) is -0.472. The van der Waals surface area contributed by atoms with Crippen molar-refractivity contribution in [3.8, 4) is 0 Å². The molecule has 2 atom stereocenters. The van der Waals surface area contributed by atoms with E-state index in [1.165, 1.54) is 24.3 Å². The van der Waals surface area contributed by atoms with Crippen LogP contribution in [0.2, 0.25) is 0 Å². The van der Waals surface area contributed by atoms with E-state index in [2.05, 4.69) is 10.6 Å². The van der Waals surface area contributed by atoms with Gasteiger partial charge in [-0.1, -0.05) is 0 Å². The average molecular weight is 331 g/mol. The number of rotatable bonds is 3. The summed E-state index contributed by atoms with van der Waals surface area (Å²) in [5.41, 5.74) is 6.06. The molecule has 22 heavy (non-hydrogen) atoms. The molecule has 1 fully saturated rings. The first-order chi connectivity index (χ1) is 9.95. The molecular weight excluding hydrogens is 311 g/mol. The van der Waals surface area contributed by atoms with Gasteiger partial charge in [-0.3, -0.25) is 4.79 Å². The standard InChI is InChI=1S/C14H19FN4O2.ClH/c1-9(16)13(20)19-7-6-12(8-19)18-14(21)17-11-4-2-10(15)3-5-11;/h2-5,9,12H,6-8,16H2,1H3,(H2,17,18,21);1H/t9-,12?;/m1./s1.